The maximum Gasteiger partial charge on any atom is 0.263 e. The molecule has 0 bridgehead atoms. The smallest absolute Gasteiger partial charge is 0.263 e. The fourth-order valence-electron chi connectivity index (χ4n) is 2.71. The molecule has 1 N–H and O–H groups in total. The van der Waals surface area contributed by atoms with Gasteiger partial charge in [0.25, 0.3) is 10.0 Å². The Kier molecular flexibility index (Phi) is 5.54. The summed E-state index contributed by atoms with van der Waals surface area (Å²) in [4.78, 5) is 14.0. The van der Waals surface area contributed by atoms with Gasteiger partial charge in [-0.05, 0) is 43.5 Å². The van der Waals surface area contributed by atoms with E-state index in [4.69, 9.17) is 4.74 Å². The van der Waals surface area contributed by atoms with E-state index in [9.17, 15) is 13.2 Å². The van der Waals surface area contributed by atoms with E-state index >= 15 is 0 Å². The van der Waals surface area contributed by atoms with Crippen molar-refractivity contribution in [2.45, 2.75) is 31.7 Å². The van der Waals surface area contributed by atoms with Gasteiger partial charge in [-0.15, -0.1) is 10.2 Å². The van der Waals surface area contributed by atoms with E-state index in [-0.39, 0.29) is 22.5 Å². The lowest BCUT2D eigenvalue weighted by Gasteiger charge is -2.29. The van der Waals surface area contributed by atoms with E-state index in [1.54, 1.807) is 30.0 Å². The molecule has 8 nitrogen and oxygen atoms in total. The molecule has 1 aromatic carbocycles. The molecule has 0 radical (unpaired) electrons. The van der Waals surface area contributed by atoms with E-state index in [0.717, 1.165) is 11.1 Å². The van der Waals surface area contributed by atoms with Gasteiger partial charge in [-0.25, -0.2) is 8.42 Å². The lowest BCUT2D eigenvalue weighted by atomic mass is 10.00. The van der Waals surface area contributed by atoms with Crippen molar-refractivity contribution in [3.05, 3.63) is 34.3 Å². The first-order valence-electron chi connectivity index (χ1n) is 8.19. The fraction of sp³-hybridized carbons (Fsp3) is 0.438. The molecule has 0 saturated carbocycles. The third-order valence-corrected chi connectivity index (χ3v) is 6.25. The monoisotopic (exact) mass is 396 g/mol. The van der Waals surface area contributed by atoms with E-state index < -0.39 is 10.0 Å². The van der Waals surface area contributed by atoms with Gasteiger partial charge in [0.1, 0.15) is 11.6 Å². The molecule has 1 aromatic heterocycles. The SMILES string of the molecule is CCOCC(=O)N1CCc2ccc(S(=O)(=O)Nc3nnc(C)s3)cc2C1. The van der Waals surface area contributed by atoms with Crippen molar-refractivity contribution in [3.8, 4) is 0 Å². The summed E-state index contributed by atoms with van der Waals surface area (Å²) in [5.74, 6) is -0.0896. The summed E-state index contributed by atoms with van der Waals surface area (Å²) >= 11 is 1.17. The molecular weight excluding hydrogens is 376 g/mol. The Morgan fingerprint density at radius 2 is 2.15 bits per heavy atom. The number of carbonyl (C=O) groups is 1. The van der Waals surface area contributed by atoms with Gasteiger partial charge in [0.15, 0.2) is 0 Å². The van der Waals surface area contributed by atoms with Crippen molar-refractivity contribution >= 4 is 32.4 Å². The highest BCUT2D eigenvalue weighted by Gasteiger charge is 2.23. The lowest BCUT2D eigenvalue weighted by Crippen LogP contribution is -2.38. The number of anilines is 1. The number of nitrogens with zero attached hydrogens (tertiary/aromatic N) is 3. The molecule has 2 heterocycles. The maximum absolute atomic E-state index is 12.6. The van der Waals surface area contributed by atoms with Crippen LogP contribution in [0.5, 0.6) is 0 Å². The normalized spacial score (nSPS) is 14.2. The van der Waals surface area contributed by atoms with Gasteiger partial charge in [-0.3, -0.25) is 9.52 Å². The summed E-state index contributed by atoms with van der Waals surface area (Å²) in [7, 11) is -3.76. The minimum Gasteiger partial charge on any atom is -0.372 e. The molecule has 1 aliphatic heterocycles. The van der Waals surface area contributed by atoms with Gasteiger partial charge in [-0.2, -0.15) is 0 Å². The lowest BCUT2D eigenvalue weighted by molar-refractivity contribution is -0.136. The van der Waals surface area contributed by atoms with Gasteiger partial charge in [0.05, 0.1) is 4.90 Å². The second kappa shape index (κ2) is 7.68. The molecule has 0 atom stereocenters. The highest BCUT2D eigenvalue weighted by Crippen LogP contribution is 2.25. The zero-order valence-corrected chi connectivity index (χ0v) is 16.2. The molecule has 10 heteroatoms. The first-order chi connectivity index (χ1) is 12.4. The number of fused-ring (bicyclic) bond motifs is 1. The first kappa shape index (κ1) is 18.7. The fourth-order valence-corrected chi connectivity index (χ4v) is 4.58. The van der Waals surface area contributed by atoms with Gasteiger partial charge < -0.3 is 9.64 Å². The van der Waals surface area contributed by atoms with Gasteiger partial charge in [0, 0.05) is 19.7 Å². The van der Waals surface area contributed by atoms with Crippen molar-refractivity contribution < 1.29 is 17.9 Å². The molecular formula is C16H20N4O4S2. The van der Waals surface area contributed by atoms with Crippen LogP contribution < -0.4 is 4.72 Å². The summed E-state index contributed by atoms with van der Waals surface area (Å²) in [6, 6.07) is 5.00. The maximum atomic E-state index is 12.6. The molecule has 3 rings (SSSR count). The van der Waals surface area contributed by atoms with Crippen LogP contribution >= 0.6 is 11.3 Å². The van der Waals surface area contributed by atoms with Crippen LogP contribution in [0.4, 0.5) is 5.13 Å². The molecule has 26 heavy (non-hydrogen) atoms. The number of aryl methyl sites for hydroxylation is 1. The molecule has 2 aromatic rings. The molecule has 0 spiro atoms. The topological polar surface area (TPSA) is 101 Å². The molecule has 0 saturated heterocycles. The Balaban J connectivity index is 1.78. The quantitative estimate of drug-likeness (QED) is 0.795. The Morgan fingerprint density at radius 1 is 1.35 bits per heavy atom. The first-order valence-corrected chi connectivity index (χ1v) is 10.5. The summed E-state index contributed by atoms with van der Waals surface area (Å²) in [6.07, 6.45) is 0.691. The minimum atomic E-state index is -3.76. The van der Waals surface area contributed by atoms with Crippen LogP contribution in [0.25, 0.3) is 0 Å². The number of nitrogens with one attached hydrogen (secondary N) is 1. The van der Waals surface area contributed by atoms with Crippen LogP contribution in [0.3, 0.4) is 0 Å². The average molecular weight is 396 g/mol. The second-order valence-corrected chi connectivity index (χ2v) is 8.73. The molecule has 140 valence electrons. The number of benzene rings is 1. The number of amides is 1. The van der Waals surface area contributed by atoms with E-state index in [1.165, 1.54) is 11.3 Å². The van der Waals surface area contributed by atoms with Crippen molar-refractivity contribution in [1.82, 2.24) is 15.1 Å². The number of sulfonamides is 1. The molecule has 1 amide bonds. The number of carbonyl (C=O) groups excluding carboxylic acids is 1. The summed E-state index contributed by atoms with van der Waals surface area (Å²) in [6.45, 7) is 5.09. The Morgan fingerprint density at radius 3 is 2.85 bits per heavy atom. The standard InChI is InChI=1S/C16H20N4O4S2/c1-3-24-10-15(21)20-7-6-12-4-5-14(8-13(12)9-20)26(22,23)19-16-18-17-11(2)25-16/h4-5,8H,3,6-7,9-10H2,1-2H3,(H,18,19). The van der Waals surface area contributed by atoms with Crippen molar-refractivity contribution in [3.63, 3.8) is 0 Å². The highest BCUT2D eigenvalue weighted by atomic mass is 32.2. The van der Waals surface area contributed by atoms with Gasteiger partial charge >= 0.3 is 0 Å². The number of ether oxygens (including phenoxy) is 1. The van der Waals surface area contributed by atoms with Crippen molar-refractivity contribution in [2.24, 2.45) is 0 Å². The zero-order valence-electron chi connectivity index (χ0n) is 14.6. The molecule has 0 unspecified atom stereocenters. The number of aromatic nitrogens is 2. The number of rotatable bonds is 6. The van der Waals surface area contributed by atoms with E-state index in [2.05, 4.69) is 14.9 Å². The summed E-state index contributed by atoms with van der Waals surface area (Å²) in [5, 5.41) is 8.50. The summed E-state index contributed by atoms with van der Waals surface area (Å²) in [5.41, 5.74) is 1.88. The predicted octanol–water partition coefficient (Wildman–Crippen LogP) is 1.57. The van der Waals surface area contributed by atoms with Gasteiger partial charge in [-0.1, -0.05) is 17.4 Å². The molecule has 0 fully saturated rings. The Hall–Kier alpha value is -2.04. The van der Waals surface area contributed by atoms with Crippen LogP contribution in [0.2, 0.25) is 0 Å². The average Bonchev–Trinajstić information content (AvgIpc) is 3.02. The second-order valence-electron chi connectivity index (χ2n) is 5.86. The third-order valence-electron chi connectivity index (χ3n) is 4.03. The van der Waals surface area contributed by atoms with E-state index in [1.807, 2.05) is 6.92 Å². The van der Waals surface area contributed by atoms with Crippen LogP contribution in [-0.4, -0.2) is 49.2 Å². The number of hydrogen-bond acceptors (Lipinski definition) is 7. The minimum absolute atomic E-state index is 0.0434. The Labute approximate surface area is 156 Å². The Bertz CT molecular complexity index is 911. The highest BCUT2D eigenvalue weighted by molar-refractivity contribution is 7.93. The predicted molar refractivity (Wildman–Crippen MR) is 97.5 cm³/mol. The van der Waals surface area contributed by atoms with Crippen molar-refractivity contribution in [1.29, 1.82) is 0 Å². The zero-order chi connectivity index (χ0) is 18.7. The van der Waals surface area contributed by atoms with Crippen LogP contribution in [-0.2, 0) is 32.5 Å². The number of hydrogen-bond donors (Lipinski definition) is 1. The third kappa shape index (κ3) is 4.19. The van der Waals surface area contributed by atoms with Gasteiger partial charge in [0.2, 0.25) is 11.0 Å². The molecule has 1 aliphatic rings. The van der Waals surface area contributed by atoms with Crippen LogP contribution in [0, 0.1) is 6.92 Å². The van der Waals surface area contributed by atoms with Crippen LogP contribution in [0.15, 0.2) is 23.1 Å². The van der Waals surface area contributed by atoms with Crippen molar-refractivity contribution in [2.75, 3.05) is 24.5 Å². The van der Waals surface area contributed by atoms with E-state index in [0.29, 0.717) is 31.1 Å². The summed E-state index contributed by atoms with van der Waals surface area (Å²) < 4.78 is 32.8. The largest absolute Gasteiger partial charge is 0.372 e. The molecule has 0 aliphatic carbocycles. The van der Waals surface area contributed by atoms with Crippen LogP contribution in [0.1, 0.15) is 23.1 Å².